The van der Waals surface area contributed by atoms with Crippen molar-refractivity contribution in [2.75, 3.05) is 11.9 Å². The van der Waals surface area contributed by atoms with Crippen molar-refractivity contribution in [2.45, 2.75) is 20.0 Å². The molecule has 0 saturated carbocycles. The lowest BCUT2D eigenvalue weighted by Crippen LogP contribution is -2.32. The Morgan fingerprint density at radius 3 is 2.55 bits per heavy atom. The molecule has 0 aliphatic rings. The standard InChI is InChI=1S/C19H15BrF3N3O2S/c1-9-7-11(3-5-13(9)20)25-15(27)8-24-17(28)16-10(2)12-4-6-14(19(21,22)23)26-18(12)29-16/h3-7H,8H2,1-2H3,(H,24,28)(H,25,27). The van der Waals surface area contributed by atoms with Crippen LogP contribution in [0.25, 0.3) is 10.2 Å². The van der Waals surface area contributed by atoms with Gasteiger partial charge in [0.2, 0.25) is 5.91 Å². The van der Waals surface area contributed by atoms with Gasteiger partial charge in [-0.05, 0) is 55.3 Å². The Morgan fingerprint density at radius 2 is 1.90 bits per heavy atom. The minimum absolute atomic E-state index is 0.122. The molecule has 2 aromatic heterocycles. The maximum atomic E-state index is 12.8. The summed E-state index contributed by atoms with van der Waals surface area (Å²) in [5, 5.41) is 5.64. The second kappa shape index (κ2) is 8.11. The Morgan fingerprint density at radius 1 is 1.17 bits per heavy atom. The highest BCUT2D eigenvalue weighted by atomic mass is 79.9. The molecule has 0 radical (unpaired) electrons. The number of hydrogen-bond acceptors (Lipinski definition) is 4. The number of aryl methyl sites for hydroxylation is 2. The molecule has 3 aromatic rings. The van der Waals surface area contributed by atoms with Crippen LogP contribution in [0.5, 0.6) is 0 Å². The summed E-state index contributed by atoms with van der Waals surface area (Å²) in [6.07, 6.45) is -4.56. The zero-order valence-corrected chi connectivity index (χ0v) is 17.7. The number of nitrogens with one attached hydrogen (secondary N) is 2. The van der Waals surface area contributed by atoms with Crippen molar-refractivity contribution >= 4 is 55.0 Å². The number of rotatable bonds is 4. The summed E-state index contributed by atoms with van der Waals surface area (Å²) in [6, 6.07) is 7.49. The lowest BCUT2D eigenvalue weighted by Gasteiger charge is -2.08. The molecule has 152 valence electrons. The average Bonchev–Trinajstić information content (AvgIpc) is 2.98. The molecule has 0 unspecified atom stereocenters. The Bertz CT molecular complexity index is 1110. The normalized spacial score (nSPS) is 11.5. The summed E-state index contributed by atoms with van der Waals surface area (Å²) in [6.45, 7) is 3.24. The topological polar surface area (TPSA) is 71.1 Å². The number of amides is 2. The van der Waals surface area contributed by atoms with E-state index in [-0.39, 0.29) is 16.3 Å². The maximum Gasteiger partial charge on any atom is 0.433 e. The van der Waals surface area contributed by atoms with Crippen molar-refractivity contribution in [3.8, 4) is 0 Å². The molecule has 0 aliphatic heterocycles. The number of alkyl halides is 3. The number of carbonyl (C=O) groups is 2. The van der Waals surface area contributed by atoms with Crippen molar-refractivity contribution in [1.29, 1.82) is 0 Å². The first-order valence-electron chi connectivity index (χ1n) is 8.38. The first kappa shape index (κ1) is 21.3. The van der Waals surface area contributed by atoms with E-state index in [1.165, 1.54) is 6.07 Å². The third-order valence-corrected chi connectivity index (χ3v) is 6.24. The Hall–Kier alpha value is -2.46. The molecule has 0 aliphatic carbocycles. The highest BCUT2D eigenvalue weighted by Crippen LogP contribution is 2.34. The van der Waals surface area contributed by atoms with Gasteiger partial charge in [0.1, 0.15) is 10.5 Å². The molecule has 2 heterocycles. The summed E-state index contributed by atoms with van der Waals surface area (Å²) in [4.78, 5) is 28.5. The average molecular weight is 486 g/mol. The van der Waals surface area contributed by atoms with Crippen LogP contribution in [0.3, 0.4) is 0 Å². The minimum Gasteiger partial charge on any atom is -0.342 e. The van der Waals surface area contributed by atoms with Gasteiger partial charge in [0.05, 0.1) is 11.4 Å². The van der Waals surface area contributed by atoms with Gasteiger partial charge in [-0.3, -0.25) is 9.59 Å². The number of hydrogen-bond donors (Lipinski definition) is 2. The zero-order chi connectivity index (χ0) is 21.3. The van der Waals surface area contributed by atoms with Crippen LogP contribution >= 0.6 is 27.3 Å². The van der Waals surface area contributed by atoms with Gasteiger partial charge in [0.25, 0.3) is 5.91 Å². The highest BCUT2D eigenvalue weighted by Gasteiger charge is 2.33. The molecule has 0 atom stereocenters. The molecule has 29 heavy (non-hydrogen) atoms. The van der Waals surface area contributed by atoms with Gasteiger partial charge in [0, 0.05) is 15.5 Å². The van der Waals surface area contributed by atoms with E-state index < -0.39 is 23.7 Å². The molecule has 2 amide bonds. The largest absolute Gasteiger partial charge is 0.433 e. The van der Waals surface area contributed by atoms with Gasteiger partial charge in [-0.25, -0.2) is 4.98 Å². The summed E-state index contributed by atoms with van der Waals surface area (Å²) in [5.74, 6) is -0.961. The van der Waals surface area contributed by atoms with Crippen LogP contribution in [0.1, 0.15) is 26.5 Å². The van der Waals surface area contributed by atoms with Crippen LogP contribution in [-0.2, 0) is 11.0 Å². The lowest BCUT2D eigenvalue weighted by molar-refractivity contribution is -0.140. The van der Waals surface area contributed by atoms with E-state index in [9.17, 15) is 22.8 Å². The van der Waals surface area contributed by atoms with Gasteiger partial charge in [-0.2, -0.15) is 13.2 Å². The first-order chi connectivity index (χ1) is 13.6. The van der Waals surface area contributed by atoms with E-state index in [0.717, 1.165) is 27.4 Å². The third-order valence-electron chi connectivity index (χ3n) is 4.15. The fourth-order valence-corrected chi connectivity index (χ4v) is 3.99. The molecule has 0 spiro atoms. The van der Waals surface area contributed by atoms with E-state index in [1.807, 2.05) is 6.92 Å². The van der Waals surface area contributed by atoms with Gasteiger partial charge in [-0.1, -0.05) is 15.9 Å². The second-order valence-electron chi connectivity index (χ2n) is 6.30. The Balaban J connectivity index is 1.70. The van der Waals surface area contributed by atoms with Gasteiger partial charge < -0.3 is 10.6 Å². The van der Waals surface area contributed by atoms with Crippen LogP contribution in [0, 0.1) is 13.8 Å². The summed E-state index contributed by atoms with van der Waals surface area (Å²) in [5.41, 5.74) is 1.04. The van der Waals surface area contributed by atoms with Gasteiger partial charge >= 0.3 is 6.18 Å². The number of aromatic nitrogens is 1. The number of nitrogens with zero attached hydrogens (tertiary/aromatic N) is 1. The quantitative estimate of drug-likeness (QED) is 0.542. The number of anilines is 1. The van der Waals surface area contributed by atoms with Crippen molar-refractivity contribution in [2.24, 2.45) is 0 Å². The summed E-state index contributed by atoms with van der Waals surface area (Å²) < 4.78 is 39.4. The fourth-order valence-electron chi connectivity index (χ4n) is 2.64. The van der Waals surface area contributed by atoms with Crippen LogP contribution < -0.4 is 10.6 Å². The maximum absolute atomic E-state index is 12.8. The van der Waals surface area contributed by atoms with E-state index in [4.69, 9.17) is 0 Å². The molecule has 10 heteroatoms. The summed E-state index contributed by atoms with van der Waals surface area (Å²) >= 11 is 4.23. The van der Waals surface area contributed by atoms with Gasteiger partial charge in [-0.15, -0.1) is 11.3 Å². The fraction of sp³-hybridized carbons (Fsp3) is 0.211. The molecule has 0 saturated heterocycles. The number of benzene rings is 1. The lowest BCUT2D eigenvalue weighted by atomic mass is 10.2. The van der Waals surface area contributed by atoms with Crippen molar-refractivity contribution in [3.63, 3.8) is 0 Å². The molecule has 0 bridgehead atoms. The Kier molecular flexibility index (Phi) is 5.95. The van der Waals surface area contributed by atoms with Crippen LogP contribution in [0.4, 0.5) is 18.9 Å². The van der Waals surface area contributed by atoms with Crippen molar-refractivity contribution < 1.29 is 22.8 Å². The minimum atomic E-state index is -4.56. The Labute approximate surface area is 176 Å². The smallest absolute Gasteiger partial charge is 0.342 e. The SMILES string of the molecule is Cc1cc(NC(=O)CNC(=O)c2sc3nc(C(F)(F)F)ccc3c2C)ccc1Br. The first-order valence-corrected chi connectivity index (χ1v) is 9.98. The predicted molar refractivity (Wildman–Crippen MR) is 109 cm³/mol. The van der Waals surface area contributed by atoms with E-state index in [2.05, 4.69) is 31.5 Å². The van der Waals surface area contributed by atoms with E-state index in [0.29, 0.717) is 16.6 Å². The monoisotopic (exact) mass is 485 g/mol. The predicted octanol–water partition coefficient (Wildman–Crippen LogP) is 5.06. The molecule has 5 nitrogen and oxygen atoms in total. The van der Waals surface area contributed by atoms with Crippen LogP contribution in [0.15, 0.2) is 34.8 Å². The molecule has 0 fully saturated rings. The van der Waals surface area contributed by atoms with Crippen molar-refractivity contribution in [3.05, 3.63) is 56.5 Å². The van der Waals surface area contributed by atoms with Crippen LogP contribution in [-0.4, -0.2) is 23.3 Å². The van der Waals surface area contributed by atoms with Crippen LogP contribution in [0.2, 0.25) is 0 Å². The zero-order valence-electron chi connectivity index (χ0n) is 15.3. The number of pyridine rings is 1. The second-order valence-corrected chi connectivity index (χ2v) is 8.15. The third kappa shape index (κ3) is 4.76. The molecule has 1 aromatic carbocycles. The number of carbonyl (C=O) groups excluding carboxylic acids is 2. The number of thiophene rings is 1. The molecular formula is C19H15BrF3N3O2S. The van der Waals surface area contributed by atoms with E-state index in [1.54, 1.807) is 25.1 Å². The van der Waals surface area contributed by atoms with Crippen molar-refractivity contribution in [1.82, 2.24) is 10.3 Å². The number of halogens is 4. The highest BCUT2D eigenvalue weighted by molar-refractivity contribution is 9.10. The molecular weight excluding hydrogens is 471 g/mol. The number of fused-ring (bicyclic) bond motifs is 1. The summed E-state index contributed by atoms with van der Waals surface area (Å²) in [7, 11) is 0. The van der Waals surface area contributed by atoms with E-state index >= 15 is 0 Å². The molecule has 2 N–H and O–H groups in total. The van der Waals surface area contributed by atoms with Gasteiger partial charge in [0.15, 0.2) is 0 Å². The molecule has 3 rings (SSSR count).